The van der Waals surface area contributed by atoms with E-state index >= 15 is 0 Å². The summed E-state index contributed by atoms with van der Waals surface area (Å²) in [6, 6.07) is 1.51. The average Bonchev–Trinajstić information content (AvgIpc) is 2.87. The molecule has 0 radical (unpaired) electrons. The van der Waals surface area contributed by atoms with Gasteiger partial charge in [0, 0.05) is 12.4 Å². The summed E-state index contributed by atoms with van der Waals surface area (Å²) in [6.45, 7) is 1.95. The maximum absolute atomic E-state index is 11.8. The Morgan fingerprint density at radius 3 is 3.00 bits per heavy atom. The molecule has 0 saturated carbocycles. The summed E-state index contributed by atoms with van der Waals surface area (Å²) >= 11 is 0. The van der Waals surface area contributed by atoms with Crippen LogP contribution in [0.4, 0.5) is 0 Å². The third kappa shape index (κ3) is 1.62. The van der Waals surface area contributed by atoms with Crippen molar-refractivity contribution in [3.63, 3.8) is 0 Å². The molecule has 3 rings (SSSR count). The zero-order valence-corrected chi connectivity index (χ0v) is 10.5. The second-order valence-corrected chi connectivity index (χ2v) is 4.04. The summed E-state index contributed by atoms with van der Waals surface area (Å²) in [5, 5.41) is 13.6. The molecular weight excluding hydrogens is 264 g/mol. The fraction of sp³-hybridized carbons (Fsp3) is 0.167. The van der Waals surface area contributed by atoms with E-state index in [-0.39, 0.29) is 17.6 Å². The lowest BCUT2D eigenvalue weighted by Gasteiger charge is -2.03. The molecule has 0 unspecified atom stereocenters. The number of pyridine rings is 1. The standard InChI is InChI=1S/C12H10N4O4/c1-2-20-12(18)8-6-14-16-9-3-4-15(19)11(17)7(9)5-13-10(8)16/h3-6,19H,2H2,1H3. The lowest BCUT2D eigenvalue weighted by atomic mass is 10.3. The van der Waals surface area contributed by atoms with Crippen molar-refractivity contribution in [3.05, 3.63) is 40.6 Å². The van der Waals surface area contributed by atoms with Gasteiger partial charge in [0.1, 0.15) is 5.56 Å². The first-order valence-corrected chi connectivity index (χ1v) is 5.88. The van der Waals surface area contributed by atoms with E-state index in [4.69, 9.17) is 4.74 Å². The first-order chi connectivity index (χ1) is 9.63. The van der Waals surface area contributed by atoms with E-state index in [1.165, 1.54) is 29.2 Å². The smallest absolute Gasteiger partial charge is 0.343 e. The van der Waals surface area contributed by atoms with Crippen LogP contribution in [0.25, 0.3) is 16.6 Å². The number of fused-ring (bicyclic) bond motifs is 3. The number of ether oxygens (including phenoxy) is 1. The number of nitrogens with zero attached hydrogens (tertiary/aromatic N) is 4. The summed E-state index contributed by atoms with van der Waals surface area (Å²) in [5.41, 5.74) is 0.360. The number of hydrogen-bond acceptors (Lipinski definition) is 6. The molecule has 0 aromatic carbocycles. The first-order valence-electron chi connectivity index (χ1n) is 5.88. The lowest BCUT2D eigenvalue weighted by Crippen LogP contribution is -2.18. The van der Waals surface area contributed by atoms with Crippen LogP contribution in [-0.2, 0) is 4.74 Å². The van der Waals surface area contributed by atoms with Gasteiger partial charge in [0.15, 0.2) is 5.65 Å². The molecule has 0 bridgehead atoms. The Kier molecular flexibility index (Phi) is 2.63. The van der Waals surface area contributed by atoms with Gasteiger partial charge in [-0.25, -0.2) is 14.3 Å². The highest BCUT2D eigenvalue weighted by Crippen LogP contribution is 2.15. The Morgan fingerprint density at radius 1 is 1.45 bits per heavy atom. The van der Waals surface area contributed by atoms with Gasteiger partial charge in [-0.15, -0.1) is 0 Å². The average molecular weight is 274 g/mol. The summed E-state index contributed by atoms with van der Waals surface area (Å²) in [4.78, 5) is 27.6. The third-order valence-electron chi connectivity index (χ3n) is 2.87. The number of carbonyl (C=O) groups excluding carboxylic acids is 1. The summed E-state index contributed by atoms with van der Waals surface area (Å²) in [5.74, 6) is -0.523. The maximum atomic E-state index is 11.8. The number of carbonyl (C=O) groups is 1. The van der Waals surface area contributed by atoms with E-state index in [0.717, 1.165) is 0 Å². The predicted molar refractivity (Wildman–Crippen MR) is 67.9 cm³/mol. The molecule has 0 spiro atoms. The molecule has 8 heteroatoms. The quantitative estimate of drug-likeness (QED) is 0.538. The Hall–Kier alpha value is -2.90. The Bertz CT molecular complexity index is 880. The molecule has 3 aromatic rings. The van der Waals surface area contributed by atoms with Gasteiger partial charge >= 0.3 is 5.97 Å². The monoisotopic (exact) mass is 274 g/mol. The molecule has 102 valence electrons. The molecule has 0 aliphatic rings. The molecule has 0 aliphatic carbocycles. The molecule has 20 heavy (non-hydrogen) atoms. The largest absolute Gasteiger partial charge is 0.462 e. The highest BCUT2D eigenvalue weighted by Gasteiger charge is 2.17. The minimum Gasteiger partial charge on any atom is -0.462 e. The van der Waals surface area contributed by atoms with E-state index < -0.39 is 11.5 Å². The summed E-state index contributed by atoms with van der Waals surface area (Å²) in [7, 11) is 0. The first kappa shape index (κ1) is 12.2. The van der Waals surface area contributed by atoms with Gasteiger partial charge in [-0.3, -0.25) is 4.79 Å². The fourth-order valence-electron chi connectivity index (χ4n) is 1.96. The van der Waals surface area contributed by atoms with E-state index in [2.05, 4.69) is 10.1 Å². The van der Waals surface area contributed by atoms with Crippen molar-refractivity contribution in [2.75, 3.05) is 6.61 Å². The van der Waals surface area contributed by atoms with Crippen LogP contribution < -0.4 is 5.56 Å². The van der Waals surface area contributed by atoms with E-state index in [1.807, 2.05) is 0 Å². The topological polar surface area (TPSA) is 98.7 Å². The fourth-order valence-corrected chi connectivity index (χ4v) is 1.96. The van der Waals surface area contributed by atoms with Crippen molar-refractivity contribution >= 4 is 22.5 Å². The Labute approximate surface area is 111 Å². The van der Waals surface area contributed by atoms with Crippen LogP contribution in [0.5, 0.6) is 0 Å². The van der Waals surface area contributed by atoms with Gasteiger partial charge in [-0.1, -0.05) is 0 Å². The van der Waals surface area contributed by atoms with Crippen molar-refractivity contribution in [2.24, 2.45) is 0 Å². The van der Waals surface area contributed by atoms with Crippen LogP contribution in [-0.4, -0.2) is 37.1 Å². The van der Waals surface area contributed by atoms with Crippen LogP contribution in [0.1, 0.15) is 17.3 Å². The van der Waals surface area contributed by atoms with Crippen LogP contribution in [0, 0.1) is 0 Å². The van der Waals surface area contributed by atoms with Crippen molar-refractivity contribution in [3.8, 4) is 0 Å². The third-order valence-corrected chi connectivity index (χ3v) is 2.87. The minimum absolute atomic E-state index is 0.195. The van der Waals surface area contributed by atoms with Crippen molar-refractivity contribution < 1.29 is 14.7 Å². The molecule has 0 atom stereocenters. The number of hydrogen-bond donors (Lipinski definition) is 1. The molecule has 8 nitrogen and oxygen atoms in total. The van der Waals surface area contributed by atoms with E-state index in [9.17, 15) is 14.8 Å². The van der Waals surface area contributed by atoms with Crippen LogP contribution >= 0.6 is 0 Å². The second-order valence-electron chi connectivity index (χ2n) is 4.04. The second kappa shape index (κ2) is 4.34. The Morgan fingerprint density at radius 2 is 2.25 bits per heavy atom. The van der Waals surface area contributed by atoms with E-state index in [0.29, 0.717) is 15.9 Å². The molecule has 0 aliphatic heterocycles. The molecule has 1 N–H and O–H groups in total. The minimum atomic E-state index is -0.606. The highest BCUT2D eigenvalue weighted by molar-refractivity contribution is 5.96. The van der Waals surface area contributed by atoms with Gasteiger partial charge in [0.25, 0.3) is 5.56 Å². The van der Waals surface area contributed by atoms with Crippen LogP contribution in [0.3, 0.4) is 0 Å². The number of aromatic nitrogens is 4. The number of rotatable bonds is 2. The van der Waals surface area contributed by atoms with E-state index in [1.54, 1.807) is 6.92 Å². The van der Waals surface area contributed by atoms with Gasteiger partial charge in [-0.05, 0) is 13.0 Å². The highest BCUT2D eigenvalue weighted by atomic mass is 16.5. The Balaban J connectivity index is 2.32. The van der Waals surface area contributed by atoms with Crippen LogP contribution in [0.15, 0.2) is 29.5 Å². The van der Waals surface area contributed by atoms with Crippen molar-refractivity contribution in [1.29, 1.82) is 0 Å². The maximum Gasteiger partial charge on any atom is 0.343 e. The molecule has 3 aromatic heterocycles. The predicted octanol–water partition coefficient (Wildman–Crippen LogP) is 0.458. The molecule has 0 saturated heterocycles. The summed E-state index contributed by atoms with van der Waals surface area (Å²) in [6.07, 6.45) is 3.84. The zero-order valence-electron chi connectivity index (χ0n) is 10.5. The lowest BCUT2D eigenvalue weighted by molar-refractivity contribution is 0.0528. The SMILES string of the molecule is CCOC(=O)c1cnn2c1ncc1c(=O)n(O)ccc12. The van der Waals surface area contributed by atoms with Crippen molar-refractivity contribution in [1.82, 2.24) is 19.3 Å². The van der Waals surface area contributed by atoms with Gasteiger partial charge in [-0.2, -0.15) is 9.83 Å². The van der Waals surface area contributed by atoms with Gasteiger partial charge in [0.2, 0.25) is 0 Å². The molecule has 3 heterocycles. The normalized spacial score (nSPS) is 11.1. The van der Waals surface area contributed by atoms with Gasteiger partial charge < -0.3 is 9.94 Å². The molecule has 0 amide bonds. The number of esters is 1. The van der Waals surface area contributed by atoms with Crippen molar-refractivity contribution in [2.45, 2.75) is 6.92 Å². The summed E-state index contributed by atoms with van der Waals surface area (Å²) < 4.78 is 6.74. The van der Waals surface area contributed by atoms with Gasteiger partial charge in [0.05, 0.1) is 23.7 Å². The van der Waals surface area contributed by atoms with Crippen LogP contribution in [0.2, 0.25) is 0 Å². The molecular formula is C12H10N4O4. The zero-order chi connectivity index (χ0) is 14.3. The molecule has 0 fully saturated rings.